The van der Waals surface area contributed by atoms with Gasteiger partial charge in [0.25, 0.3) is 0 Å². The van der Waals surface area contributed by atoms with Crippen molar-refractivity contribution in [3.05, 3.63) is 0 Å². The number of aliphatic carboxylic acids is 1. The number of quaternary nitrogens is 1. The molecule has 0 N–H and O–H groups in total. The third kappa shape index (κ3) is 12.4. The molecule has 0 fully saturated rings. The number of carbonyl (C=O) groups excluding carboxylic acids is 2. The summed E-state index contributed by atoms with van der Waals surface area (Å²) in [5, 5.41) is 9.56. The molecule has 0 aliphatic heterocycles. The van der Waals surface area contributed by atoms with E-state index in [1.807, 2.05) is 0 Å². The molecule has 5 nitrogen and oxygen atoms in total. The Morgan fingerprint density at radius 3 is 1.33 bits per heavy atom. The molecular formula is C16H33NO4. The lowest BCUT2D eigenvalue weighted by molar-refractivity contribution is -0.928. The molecule has 0 rings (SSSR count). The van der Waals surface area contributed by atoms with Crippen molar-refractivity contribution in [2.45, 2.75) is 59.8 Å². The van der Waals surface area contributed by atoms with Gasteiger partial charge in [0.2, 0.25) is 0 Å². The first-order chi connectivity index (χ1) is 9.91. The first-order valence-corrected chi connectivity index (χ1v) is 8.03. The molecule has 0 bridgehead atoms. The predicted molar refractivity (Wildman–Crippen MR) is 82.5 cm³/mol. The van der Waals surface area contributed by atoms with E-state index in [9.17, 15) is 14.7 Å². The number of carboxylic acids is 1. The Bertz CT molecular complexity index is 250. The smallest absolute Gasteiger partial charge is 0.311 e. The minimum absolute atomic E-state index is 0.670. The van der Waals surface area contributed by atoms with Crippen LogP contribution in [-0.2, 0) is 14.3 Å². The van der Waals surface area contributed by atoms with Gasteiger partial charge in [-0.15, -0.1) is 0 Å². The zero-order valence-corrected chi connectivity index (χ0v) is 14.4. The van der Waals surface area contributed by atoms with E-state index < -0.39 is 18.4 Å². The number of hydrogen-bond donors (Lipinski definition) is 0. The lowest BCUT2D eigenvalue weighted by Crippen LogP contribution is -2.50. The van der Waals surface area contributed by atoms with Crippen LogP contribution in [0, 0.1) is 0 Å². The summed E-state index contributed by atoms with van der Waals surface area (Å²) in [5.41, 5.74) is 0. The molecular weight excluding hydrogens is 270 g/mol. The second kappa shape index (κ2) is 13.9. The van der Waals surface area contributed by atoms with Gasteiger partial charge in [0, 0.05) is 0 Å². The molecule has 126 valence electrons. The maximum absolute atomic E-state index is 9.98. The van der Waals surface area contributed by atoms with Crippen molar-refractivity contribution in [3.63, 3.8) is 0 Å². The number of carbonyl (C=O) groups is 2. The van der Waals surface area contributed by atoms with Crippen LogP contribution in [0.5, 0.6) is 0 Å². The second-order valence-electron chi connectivity index (χ2n) is 5.36. The molecule has 0 unspecified atom stereocenters. The summed E-state index contributed by atoms with van der Waals surface area (Å²) in [6.45, 7) is 14.8. The van der Waals surface area contributed by atoms with Crippen molar-refractivity contribution < 1.29 is 23.9 Å². The Balaban J connectivity index is 0. The van der Waals surface area contributed by atoms with Gasteiger partial charge >= 0.3 is 5.97 Å². The summed E-state index contributed by atoms with van der Waals surface area (Å²) >= 11 is 0. The van der Waals surface area contributed by atoms with Crippen LogP contribution in [0.2, 0.25) is 0 Å². The fourth-order valence-electron chi connectivity index (χ4n) is 2.76. The van der Waals surface area contributed by atoms with E-state index in [1.165, 1.54) is 56.3 Å². The number of rotatable bonds is 10. The van der Waals surface area contributed by atoms with E-state index in [0.717, 1.165) is 7.11 Å². The van der Waals surface area contributed by atoms with Gasteiger partial charge in [-0.05, 0) is 25.7 Å². The van der Waals surface area contributed by atoms with Gasteiger partial charge in [-0.3, -0.25) is 4.79 Å². The Morgan fingerprint density at radius 2 is 1.19 bits per heavy atom. The standard InChI is InChI=1S/C12H28N.C4H6O4/c1-5-9-13(10-6-2,11-7-3)12-8-4;1-8-4(7)2-3(5)6/h5-12H2,1-4H3;2H2,1H3,(H,5,6)/q+1;/p-1. The van der Waals surface area contributed by atoms with Gasteiger partial charge < -0.3 is 19.1 Å². The van der Waals surface area contributed by atoms with Crippen LogP contribution in [0.15, 0.2) is 0 Å². The van der Waals surface area contributed by atoms with E-state index in [-0.39, 0.29) is 0 Å². The van der Waals surface area contributed by atoms with E-state index in [2.05, 4.69) is 32.4 Å². The topological polar surface area (TPSA) is 66.4 Å². The van der Waals surface area contributed by atoms with Crippen molar-refractivity contribution in [1.29, 1.82) is 0 Å². The highest BCUT2D eigenvalue weighted by Gasteiger charge is 2.22. The Morgan fingerprint density at radius 1 is 0.857 bits per heavy atom. The average Bonchev–Trinajstić information content (AvgIpc) is 2.40. The predicted octanol–water partition coefficient (Wildman–Crippen LogP) is 1.74. The minimum Gasteiger partial charge on any atom is -0.550 e. The quantitative estimate of drug-likeness (QED) is 0.350. The van der Waals surface area contributed by atoms with Gasteiger partial charge in [-0.2, -0.15) is 0 Å². The third-order valence-corrected chi connectivity index (χ3v) is 3.31. The van der Waals surface area contributed by atoms with Crippen LogP contribution >= 0.6 is 0 Å². The maximum atomic E-state index is 9.98. The largest absolute Gasteiger partial charge is 0.550 e. The fourth-order valence-corrected chi connectivity index (χ4v) is 2.76. The number of ether oxygens (including phenoxy) is 1. The number of carboxylic acid groups (broad SMARTS) is 1. The molecule has 0 saturated heterocycles. The molecule has 0 spiro atoms. The Kier molecular flexibility index (Phi) is 14.6. The van der Waals surface area contributed by atoms with Crippen LogP contribution in [0.1, 0.15) is 59.8 Å². The number of nitrogens with zero attached hydrogens (tertiary/aromatic N) is 1. The first-order valence-electron chi connectivity index (χ1n) is 8.03. The highest BCUT2D eigenvalue weighted by Crippen LogP contribution is 2.12. The van der Waals surface area contributed by atoms with Gasteiger partial charge in [0.05, 0.1) is 45.7 Å². The molecule has 0 heterocycles. The lowest BCUT2D eigenvalue weighted by Gasteiger charge is -2.38. The van der Waals surface area contributed by atoms with E-state index in [1.54, 1.807) is 0 Å². The van der Waals surface area contributed by atoms with Gasteiger partial charge in [0.15, 0.2) is 0 Å². The molecule has 5 heteroatoms. The Labute approximate surface area is 129 Å². The zero-order chi connectivity index (χ0) is 16.7. The zero-order valence-electron chi connectivity index (χ0n) is 14.4. The van der Waals surface area contributed by atoms with Crippen molar-refractivity contribution in [1.82, 2.24) is 0 Å². The summed E-state index contributed by atoms with van der Waals surface area (Å²) in [5.74, 6) is -2.21. The molecule has 0 amide bonds. The van der Waals surface area contributed by atoms with Crippen molar-refractivity contribution in [2.75, 3.05) is 33.3 Å². The normalized spacial score (nSPS) is 10.5. The van der Waals surface area contributed by atoms with Gasteiger partial charge in [-0.1, -0.05) is 27.7 Å². The average molecular weight is 303 g/mol. The molecule has 0 saturated carbocycles. The lowest BCUT2D eigenvalue weighted by atomic mass is 10.2. The molecule has 0 aliphatic carbocycles. The fraction of sp³-hybridized carbons (Fsp3) is 0.875. The molecule has 0 aromatic carbocycles. The number of hydrogen-bond acceptors (Lipinski definition) is 4. The minimum atomic E-state index is -1.42. The van der Waals surface area contributed by atoms with Crippen LogP contribution in [0.3, 0.4) is 0 Å². The Hall–Kier alpha value is -1.10. The highest BCUT2D eigenvalue weighted by atomic mass is 16.5. The van der Waals surface area contributed by atoms with Crippen molar-refractivity contribution in [2.24, 2.45) is 0 Å². The van der Waals surface area contributed by atoms with Crippen LogP contribution < -0.4 is 5.11 Å². The van der Waals surface area contributed by atoms with Gasteiger partial charge in [0.1, 0.15) is 0 Å². The molecule has 0 aromatic heterocycles. The van der Waals surface area contributed by atoms with Crippen LogP contribution in [0.25, 0.3) is 0 Å². The van der Waals surface area contributed by atoms with E-state index in [0.29, 0.717) is 0 Å². The first kappa shape index (κ1) is 22.2. The van der Waals surface area contributed by atoms with E-state index >= 15 is 0 Å². The van der Waals surface area contributed by atoms with E-state index in [4.69, 9.17) is 0 Å². The molecule has 0 aromatic rings. The molecule has 0 radical (unpaired) electrons. The van der Waals surface area contributed by atoms with Gasteiger partial charge in [-0.25, -0.2) is 0 Å². The van der Waals surface area contributed by atoms with Crippen LogP contribution in [0.4, 0.5) is 0 Å². The molecule has 0 aliphatic rings. The number of methoxy groups -OCH3 is 1. The third-order valence-electron chi connectivity index (χ3n) is 3.31. The summed E-state index contributed by atoms with van der Waals surface area (Å²) in [4.78, 5) is 19.5. The highest BCUT2D eigenvalue weighted by molar-refractivity contribution is 5.88. The summed E-state index contributed by atoms with van der Waals surface area (Å²) in [6.07, 6.45) is 4.66. The SMILES string of the molecule is CCC[N+](CCC)(CCC)CCC.COC(=O)CC(=O)[O-]. The monoisotopic (exact) mass is 303 g/mol. The second-order valence-corrected chi connectivity index (χ2v) is 5.36. The van der Waals surface area contributed by atoms with Crippen molar-refractivity contribution >= 4 is 11.9 Å². The summed E-state index contributed by atoms with van der Waals surface area (Å²) < 4.78 is 5.38. The summed E-state index contributed by atoms with van der Waals surface area (Å²) in [7, 11) is 1.12. The van der Waals surface area contributed by atoms with Crippen molar-refractivity contribution in [3.8, 4) is 0 Å². The number of esters is 1. The maximum Gasteiger partial charge on any atom is 0.311 e. The summed E-state index contributed by atoms with van der Waals surface area (Å²) in [6, 6.07) is 0. The molecule has 21 heavy (non-hydrogen) atoms. The van der Waals surface area contributed by atoms with Crippen LogP contribution in [-0.4, -0.2) is 49.7 Å². The molecule has 0 atom stereocenters.